The van der Waals surface area contributed by atoms with Crippen LogP contribution in [0, 0.1) is 0 Å². The fourth-order valence-corrected chi connectivity index (χ4v) is 0.857. The Morgan fingerprint density at radius 1 is 1.23 bits per heavy atom. The summed E-state index contributed by atoms with van der Waals surface area (Å²) < 4.78 is 5.75. The smallest absolute Gasteiger partial charge is 0.310 e. The average molecular weight is 188 g/mol. The summed E-state index contributed by atoms with van der Waals surface area (Å²) in [5.41, 5.74) is 0. The van der Waals surface area contributed by atoms with Gasteiger partial charge in [-0.2, -0.15) is 0 Å². The fourth-order valence-electron chi connectivity index (χ4n) is 0.857. The molecule has 0 atom stereocenters. The number of quaternary nitrogens is 1. The summed E-state index contributed by atoms with van der Waals surface area (Å²) in [6.45, 7) is 2.59. The second-order valence-corrected chi connectivity index (χ2v) is 4.39. The zero-order valence-corrected chi connectivity index (χ0v) is 9.30. The van der Waals surface area contributed by atoms with Crippen molar-refractivity contribution >= 4 is 5.97 Å². The predicted molar refractivity (Wildman–Crippen MR) is 53.1 cm³/mol. The number of unbranched alkanes of at least 4 members (excludes halogenated alkanes) is 2. The van der Waals surface area contributed by atoms with Gasteiger partial charge in [-0.3, -0.25) is 9.28 Å². The molecule has 0 fully saturated rings. The molecule has 0 unspecified atom stereocenters. The summed E-state index contributed by atoms with van der Waals surface area (Å²) in [5, 5.41) is 0. The number of rotatable bonds is 6. The van der Waals surface area contributed by atoms with E-state index in [2.05, 4.69) is 6.92 Å². The van der Waals surface area contributed by atoms with Crippen LogP contribution in [0.2, 0.25) is 0 Å². The Bertz CT molecular complexity index is 149. The average Bonchev–Trinajstić information content (AvgIpc) is 2.00. The summed E-state index contributed by atoms with van der Waals surface area (Å²) in [6, 6.07) is 0. The van der Waals surface area contributed by atoms with Crippen molar-refractivity contribution in [2.75, 3.05) is 27.9 Å². The molecule has 0 rings (SSSR count). The third kappa shape index (κ3) is 9.34. The Morgan fingerprint density at radius 3 is 2.31 bits per heavy atom. The lowest BCUT2D eigenvalue weighted by atomic mass is 10.2. The van der Waals surface area contributed by atoms with Gasteiger partial charge in [-0.15, -0.1) is 0 Å². The molecule has 0 saturated heterocycles. The van der Waals surface area contributed by atoms with E-state index in [1.165, 1.54) is 0 Å². The lowest BCUT2D eigenvalue weighted by molar-refractivity contribution is -0.888. The minimum absolute atomic E-state index is 0.0681. The van der Waals surface area contributed by atoms with Crippen LogP contribution in [0.4, 0.5) is 0 Å². The second kappa shape index (κ2) is 5.97. The van der Waals surface area contributed by atoms with Crippen LogP contribution in [-0.4, -0.2) is 38.3 Å². The van der Waals surface area contributed by atoms with Gasteiger partial charge in [0.25, 0.3) is 0 Å². The molecule has 0 aromatic carbocycles. The maximum Gasteiger partial charge on any atom is 0.310 e. The maximum absolute atomic E-state index is 11.1. The molecule has 0 radical (unpaired) electrons. The quantitative estimate of drug-likeness (QED) is 0.275. The lowest BCUT2D eigenvalue weighted by Crippen LogP contribution is -2.37. The number of carbonyl (C=O) groups excluding carboxylic acids is 1. The Hall–Kier alpha value is -0.570. The van der Waals surface area contributed by atoms with Crippen molar-refractivity contribution in [3.8, 4) is 0 Å². The molecule has 0 amide bonds. The van der Waals surface area contributed by atoms with Gasteiger partial charge < -0.3 is 4.74 Å². The molecular weight excluding hydrogens is 166 g/mol. The molecule has 0 aliphatic rings. The van der Waals surface area contributed by atoms with E-state index >= 15 is 0 Å². The van der Waals surface area contributed by atoms with Crippen molar-refractivity contribution in [2.24, 2.45) is 0 Å². The van der Waals surface area contributed by atoms with Crippen molar-refractivity contribution in [1.29, 1.82) is 0 Å². The lowest BCUT2D eigenvalue weighted by Gasteiger charge is -2.22. The van der Waals surface area contributed by atoms with E-state index in [1.807, 2.05) is 21.1 Å². The first-order valence-electron chi connectivity index (χ1n) is 4.92. The zero-order chi connectivity index (χ0) is 10.3. The van der Waals surface area contributed by atoms with E-state index in [0.717, 1.165) is 19.3 Å². The van der Waals surface area contributed by atoms with Crippen LogP contribution in [-0.2, 0) is 9.53 Å². The number of ether oxygens (including phenoxy) is 1. The van der Waals surface area contributed by atoms with E-state index < -0.39 is 0 Å². The second-order valence-electron chi connectivity index (χ2n) is 4.39. The van der Waals surface area contributed by atoms with Crippen LogP contribution >= 0.6 is 0 Å². The Labute approximate surface area is 81.3 Å². The van der Waals surface area contributed by atoms with Crippen LogP contribution in [0.1, 0.15) is 32.6 Å². The van der Waals surface area contributed by atoms with Gasteiger partial charge in [-0.1, -0.05) is 19.8 Å². The van der Waals surface area contributed by atoms with Crippen LogP contribution in [0.15, 0.2) is 0 Å². The zero-order valence-electron chi connectivity index (χ0n) is 9.30. The molecule has 0 aromatic rings. The van der Waals surface area contributed by atoms with Crippen LogP contribution in [0.3, 0.4) is 0 Å². The highest BCUT2D eigenvalue weighted by atomic mass is 16.5. The highest BCUT2D eigenvalue weighted by Crippen LogP contribution is 2.01. The minimum atomic E-state index is -0.0681. The predicted octanol–water partition coefficient (Wildman–Crippen LogP) is 1.77. The Kier molecular flexibility index (Phi) is 5.71. The van der Waals surface area contributed by atoms with Gasteiger partial charge in [-0.25, -0.2) is 0 Å². The van der Waals surface area contributed by atoms with Crippen LogP contribution < -0.4 is 0 Å². The van der Waals surface area contributed by atoms with Crippen molar-refractivity contribution in [3.05, 3.63) is 0 Å². The molecule has 0 heterocycles. The molecule has 13 heavy (non-hydrogen) atoms. The van der Waals surface area contributed by atoms with Crippen molar-refractivity contribution in [1.82, 2.24) is 0 Å². The third-order valence-corrected chi connectivity index (χ3v) is 1.60. The number of hydrogen-bond acceptors (Lipinski definition) is 2. The molecule has 0 aliphatic carbocycles. The summed E-state index contributed by atoms with van der Waals surface area (Å²) >= 11 is 0. The molecule has 3 nitrogen and oxygen atoms in total. The topological polar surface area (TPSA) is 26.3 Å². The first-order chi connectivity index (χ1) is 5.95. The van der Waals surface area contributed by atoms with Crippen LogP contribution in [0.5, 0.6) is 0 Å². The standard InChI is InChI=1S/C10H22NO2/c1-5-6-7-8-10(12)13-9-11(2,3)4/h5-9H2,1-4H3/q+1. The first kappa shape index (κ1) is 12.4. The molecule has 78 valence electrons. The van der Waals surface area contributed by atoms with E-state index in [-0.39, 0.29) is 5.97 Å². The summed E-state index contributed by atoms with van der Waals surface area (Å²) in [5.74, 6) is -0.0681. The summed E-state index contributed by atoms with van der Waals surface area (Å²) in [6.07, 6.45) is 3.77. The first-order valence-corrected chi connectivity index (χ1v) is 4.92. The van der Waals surface area contributed by atoms with Gasteiger partial charge in [-0.05, 0) is 6.42 Å². The normalized spacial score (nSPS) is 11.4. The van der Waals surface area contributed by atoms with Crippen molar-refractivity contribution in [3.63, 3.8) is 0 Å². The highest BCUT2D eigenvalue weighted by Gasteiger charge is 2.10. The monoisotopic (exact) mass is 188 g/mol. The van der Waals surface area contributed by atoms with Gasteiger partial charge in [0, 0.05) is 6.42 Å². The largest absolute Gasteiger partial charge is 0.415 e. The van der Waals surface area contributed by atoms with E-state index in [9.17, 15) is 4.79 Å². The van der Waals surface area contributed by atoms with Gasteiger partial charge in [0.15, 0.2) is 0 Å². The van der Waals surface area contributed by atoms with Gasteiger partial charge in [0.1, 0.15) is 0 Å². The van der Waals surface area contributed by atoms with Gasteiger partial charge in [0.05, 0.1) is 21.1 Å². The molecule has 0 N–H and O–H groups in total. The number of hydrogen-bond donors (Lipinski definition) is 0. The molecule has 0 aromatic heterocycles. The summed E-state index contributed by atoms with van der Waals surface area (Å²) in [7, 11) is 6.00. The Balaban J connectivity index is 3.41. The molecule has 0 bridgehead atoms. The number of carbonyl (C=O) groups is 1. The highest BCUT2D eigenvalue weighted by molar-refractivity contribution is 5.69. The fraction of sp³-hybridized carbons (Fsp3) is 0.900. The molecule has 3 heteroatoms. The maximum atomic E-state index is 11.1. The Morgan fingerprint density at radius 2 is 1.85 bits per heavy atom. The third-order valence-electron chi connectivity index (χ3n) is 1.60. The van der Waals surface area contributed by atoms with E-state index in [1.54, 1.807) is 0 Å². The van der Waals surface area contributed by atoms with Crippen LogP contribution in [0.25, 0.3) is 0 Å². The molecular formula is C10H22NO2+. The molecule has 0 spiro atoms. The molecule has 0 aliphatic heterocycles. The molecule has 0 saturated carbocycles. The van der Waals surface area contributed by atoms with Gasteiger partial charge >= 0.3 is 5.97 Å². The SMILES string of the molecule is CCCCCC(=O)OC[N+](C)(C)C. The van der Waals surface area contributed by atoms with Crippen molar-refractivity contribution < 1.29 is 14.0 Å². The van der Waals surface area contributed by atoms with Gasteiger partial charge in [0.2, 0.25) is 6.73 Å². The van der Waals surface area contributed by atoms with E-state index in [4.69, 9.17) is 4.74 Å². The van der Waals surface area contributed by atoms with E-state index in [0.29, 0.717) is 17.6 Å². The number of esters is 1. The summed E-state index contributed by atoms with van der Waals surface area (Å²) in [4.78, 5) is 11.1. The minimum Gasteiger partial charge on any atom is -0.415 e. The van der Waals surface area contributed by atoms with Crippen molar-refractivity contribution in [2.45, 2.75) is 32.6 Å². The number of nitrogens with zero attached hydrogens (tertiary/aromatic N) is 1.